The summed E-state index contributed by atoms with van der Waals surface area (Å²) in [7, 11) is 0. The molecule has 0 amide bonds. The molecule has 0 fully saturated rings. The number of allylic oxidation sites excluding steroid dienone is 1. The van der Waals surface area contributed by atoms with Crippen LogP contribution in [0, 0.1) is 13.8 Å². The van der Waals surface area contributed by atoms with Crippen LogP contribution in [0.1, 0.15) is 23.9 Å². The molecule has 0 aromatic carbocycles. The van der Waals surface area contributed by atoms with Crippen LogP contribution in [0.15, 0.2) is 12.7 Å². The first-order valence-electron chi connectivity index (χ1n) is 4.01. The number of aryl methyl sites for hydroxylation is 1. The molecule has 0 saturated heterocycles. The van der Waals surface area contributed by atoms with Gasteiger partial charge in [0.05, 0.1) is 11.4 Å². The predicted octanol–water partition coefficient (Wildman–Crippen LogP) is 2.63. The highest BCUT2D eigenvalue weighted by molar-refractivity contribution is 5.51. The van der Waals surface area contributed by atoms with E-state index in [1.54, 1.807) is 0 Å². The molecular weight excluding hydrogens is 148 g/mol. The van der Waals surface area contributed by atoms with Crippen molar-refractivity contribution in [1.82, 2.24) is 9.78 Å². The molecule has 0 aliphatic rings. The molecule has 0 N–H and O–H groups in total. The van der Waals surface area contributed by atoms with E-state index in [0.29, 0.717) is 0 Å². The lowest BCUT2D eigenvalue weighted by molar-refractivity contribution is 0.902. The average molecular weight is 162 g/mol. The van der Waals surface area contributed by atoms with Crippen LogP contribution in [0.5, 0.6) is 0 Å². The fourth-order valence-electron chi connectivity index (χ4n) is 1.15. The van der Waals surface area contributed by atoms with Crippen molar-refractivity contribution in [2.45, 2.75) is 20.8 Å². The fraction of sp³-hybridized carbons (Fsp3) is 0.300. The summed E-state index contributed by atoms with van der Waals surface area (Å²) in [6.45, 7) is 9.78. The van der Waals surface area contributed by atoms with Crippen LogP contribution in [-0.4, -0.2) is 9.78 Å². The van der Waals surface area contributed by atoms with E-state index >= 15 is 0 Å². The molecule has 2 heteroatoms. The van der Waals surface area contributed by atoms with Crippen LogP contribution in [0.4, 0.5) is 0 Å². The highest BCUT2D eigenvalue weighted by Gasteiger charge is 2.05. The zero-order valence-electron chi connectivity index (χ0n) is 7.83. The summed E-state index contributed by atoms with van der Waals surface area (Å²) in [5, 5.41) is 4.33. The third-order valence-electron chi connectivity index (χ3n) is 1.92. The molecule has 0 saturated carbocycles. The van der Waals surface area contributed by atoms with Crippen LogP contribution in [0.2, 0.25) is 0 Å². The molecule has 0 radical (unpaired) electrons. The molecular formula is C10H14N2. The Bertz CT molecular complexity index is 319. The fourth-order valence-corrected chi connectivity index (χ4v) is 1.15. The number of nitrogens with zero attached hydrogens (tertiary/aromatic N) is 2. The maximum Gasteiger partial charge on any atom is 0.0687 e. The van der Waals surface area contributed by atoms with Crippen molar-refractivity contribution in [2.24, 2.45) is 0 Å². The monoisotopic (exact) mass is 162 g/mol. The lowest BCUT2D eigenvalue weighted by Crippen LogP contribution is -1.91. The van der Waals surface area contributed by atoms with Gasteiger partial charge in [0, 0.05) is 6.20 Å². The SMILES string of the molecule is C=Cc1c(C)c(C)nn1/C=C\C. The van der Waals surface area contributed by atoms with Gasteiger partial charge in [0.25, 0.3) is 0 Å². The highest BCUT2D eigenvalue weighted by atomic mass is 15.3. The van der Waals surface area contributed by atoms with Crippen LogP contribution < -0.4 is 0 Å². The van der Waals surface area contributed by atoms with Crippen LogP contribution in [0.25, 0.3) is 12.3 Å². The number of aromatic nitrogens is 2. The minimum atomic E-state index is 1.06. The van der Waals surface area contributed by atoms with E-state index in [1.165, 1.54) is 5.56 Å². The van der Waals surface area contributed by atoms with Crippen molar-refractivity contribution in [1.29, 1.82) is 0 Å². The van der Waals surface area contributed by atoms with Gasteiger partial charge in [0.2, 0.25) is 0 Å². The van der Waals surface area contributed by atoms with Crippen molar-refractivity contribution in [3.05, 3.63) is 29.6 Å². The second kappa shape index (κ2) is 3.39. The van der Waals surface area contributed by atoms with Gasteiger partial charge in [-0.3, -0.25) is 0 Å². The van der Waals surface area contributed by atoms with E-state index < -0.39 is 0 Å². The molecule has 2 nitrogen and oxygen atoms in total. The second-order valence-corrected chi connectivity index (χ2v) is 2.73. The largest absolute Gasteiger partial charge is 0.241 e. The Kier molecular flexibility index (Phi) is 2.48. The van der Waals surface area contributed by atoms with Gasteiger partial charge in [-0.25, -0.2) is 4.68 Å². The molecule has 1 aromatic rings. The van der Waals surface area contributed by atoms with Crippen molar-refractivity contribution >= 4 is 12.3 Å². The summed E-state index contributed by atoms with van der Waals surface area (Å²) in [5.74, 6) is 0. The van der Waals surface area contributed by atoms with Crippen molar-refractivity contribution < 1.29 is 0 Å². The Morgan fingerprint density at radius 2 is 2.08 bits per heavy atom. The molecule has 1 rings (SSSR count). The highest BCUT2D eigenvalue weighted by Crippen LogP contribution is 2.13. The van der Waals surface area contributed by atoms with Gasteiger partial charge in [0.15, 0.2) is 0 Å². The first-order chi connectivity index (χ1) is 5.70. The van der Waals surface area contributed by atoms with Crippen LogP contribution >= 0.6 is 0 Å². The molecule has 0 bridgehead atoms. The zero-order chi connectivity index (χ0) is 9.14. The van der Waals surface area contributed by atoms with E-state index in [9.17, 15) is 0 Å². The molecule has 12 heavy (non-hydrogen) atoms. The minimum Gasteiger partial charge on any atom is -0.241 e. The van der Waals surface area contributed by atoms with E-state index in [-0.39, 0.29) is 0 Å². The lowest BCUT2D eigenvalue weighted by atomic mass is 10.2. The van der Waals surface area contributed by atoms with Gasteiger partial charge >= 0.3 is 0 Å². The zero-order valence-corrected chi connectivity index (χ0v) is 7.83. The standard InChI is InChI=1S/C10H14N2/c1-5-7-12-10(6-2)8(3)9(4)11-12/h5-7H,2H2,1,3-4H3/b7-5-. The molecule has 0 aliphatic carbocycles. The van der Waals surface area contributed by atoms with E-state index in [2.05, 4.69) is 18.6 Å². The molecule has 0 unspecified atom stereocenters. The molecule has 0 spiro atoms. The van der Waals surface area contributed by atoms with Gasteiger partial charge in [0.1, 0.15) is 0 Å². The maximum atomic E-state index is 4.33. The number of hydrogen-bond acceptors (Lipinski definition) is 1. The second-order valence-electron chi connectivity index (χ2n) is 2.73. The van der Waals surface area contributed by atoms with Gasteiger partial charge in [-0.2, -0.15) is 5.10 Å². The predicted molar refractivity (Wildman–Crippen MR) is 52.8 cm³/mol. The van der Waals surface area contributed by atoms with Crippen LogP contribution in [-0.2, 0) is 0 Å². The quantitative estimate of drug-likeness (QED) is 0.653. The Hall–Kier alpha value is -1.31. The Labute approximate surface area is 73.2 Å². The van der Waals surface area contributed by atoms with Crippen LogP contribution in [0.3, 0.4) is 0 Å². The summed E-state index contributed by atoms with van der Waals surface area (Å²) >= 11 is 0. The minimum absolute atomic E-state index is 1.06. The molecule has 0 atom stereocenters. The summed E-state index contributed by atoms with van der Waals surface area (Å²) in [6, 6.07) is 0. The normalized spacial score (nSPS) is 10.9. The third kappa shape index (κ3) is 1.33. The van der Waals surface area contributed by atoms with Gasteiger partial charge < -0.3 is 0 Å². The Morgan fingerprint density at radius 1 is 1.42 bits per heavy atom. The maximum absolute atomic E-state index is 4.33. The van der Waals surface area contributed by atoms with Gasteiger partial charge in [-0.1, -0.05) is 12.7 Å². The smallest absolute Gasteiger partial charge is 0.0687 e. The van der Waals surface area contributed by atoms with Crippen molar-refractivity contribution in [2.75, 3.05) is 0 Å². The third-order valence-corrected chi connectivity index (χ3v) is 1.92. The Morgan fingerprint density at radius 3 is 2.58 bits per heavy atom. The van der Waals surface area contributed by atoms with Crippen molar-refractivity contribution in [3.8, 4) is 0 Å². The summed E-state index contributed by atoms with van der Waals surface area (Å²) in [4.78, 5) is 0. The topological polar surface area (TPSA) is 17.8 Å². The van der Waals surface area contributed by atoms with Gasteiger partial charge in [-0.15, -0.1) is 0 Å². The first-order valence-corrected chi connectivity index (χ1v) is 4.01. The van der Waals surface area contributed by atoms with E-state index in [0.717, 1.165) is 11.4 Å². The Balaban J connectivity index is 3.28. The molecule has 1 aromatic heterocycles. The number of rotatable bonds is 2. The van der Waals surface area contributed by atoms with E-state index in [4.69, 9.17) is 0 Å². The molecule has 64 valence electrons. The summed E-state index contributed by atoms with van der Waals surface area (Å²) in [5.41, 5.74) is 3.33. The molecule has 1 heterocycles. The first kappa shape index (κ1) is 8.78. The number of hydrogen-bond donors (Lipinski definition) is 0. The van der Waals surface area contributed by atoms with Gasteiger partial charge in [-0.05, 0) is 32.4 Å². The molecule has 0 aliphatic heterocycles. The van der Waals surface area contributed by atoms with E-state index in [1.807, 2.05) is 36.9 Å². The van der Waals surface area contributed by atoms with Crippen molar-refractivity contribution in [3.63, 3.8) is 0 Å². The summed E-state index contributed by atoms with van der Waals surface area (Å²) < 4.78 is 1.84. The lowest BCUT2D eigenvalue weighted by Gasteiger charge is -1.95. The summed E-state index contributed by atoms with van der Waals surface area (Å²) in [6.07, 6.45) is 5.71. The average Bonchev–Trinajstić information content (AvgIpc) is 2.29.